The monoisotopic (exact) mass is 264 g/mol. The zero-order valence-corrected chi connectivity index (χ0v) is 11.3. The molecule has 20 heavy (non-hydrogen) atoms. The second-order valence-electron chi connectivity index (χ2n) is 4.66. The van der Waals surface area contributed by atoms with Crippen molar-refractivity contribution in [2.45, 2.75) is 13.1 Å². The first-order valence-electron chi connectivity index (χ1n) is 6.56. The molecule has 0 N–H and O–H groups in total. The van der Waals surface area contributed by atoms with Crippen LogP contribution < -0.4 is 0 Å². The Labute approximate surface area is 118 Å². The lowest BCUT2D eigenvalue weighted by atomic mass is 10.1. The molecule has 0 saturated heterocycles. The number of aromatic nitrogens is 4. The van der Waals surface area contributed by atoms with Crippen LogP contribution in [0.3, 0.4) is 0 Å². The summed E-state index contributed by atoms with van der Waals surface area (Å²) in [6.45, 7) is 2.09. The first-order chi connectivity index (χ1) is 9.83. The molecule has 100 valence electrons. The van der Waals surface area contributed by atoms with Crippen LogP contribution in [-0.2, 0) is 0 Å². The fourth-order valence-electron chi connectivity index (χ4n) is 2.05. The molecule has 3 rings (SSSR count). The van der Waals surface area contributed by atoms with Gasteiger partial charge in [0.05, 0.1) is 0 Å². The van der Waals surface area contributed by atoms with Crippen LogP contribution in [0.25, 0.3) is 6.08 Å². The number of allylic oxidation sites excluding steroid dienone is 1. The van der Waals surface area contributed by atoms with Gasteiger partial charge in [-0.15, -0.1) is 0 Å². The minimum atomic E-state index is -0.0543. The van der Waals surface area contributed by atoms with Crippen LogP contribution in [0.5, 0.6) is 0 Å². The first-order valence-corrected chi connectivity index (χ1v) is 6.56. The van der Waals surface area contributed by atoms with E-state index in [2.05, 4.69) is 53.5 Å². The average Bonchev–Trinajstić information content (AvgIpc) is 3.14. The molecule has 0 fully saturated rings. The summed E-state index contributed by atoms with van der Waals surface area (Å²) in [6, 6.07) is 12.3. The predicted octanol–water partition coefficient (Wildman–Crippen LogP) is 3.15. The average molecular weight is 264 g/mol. The molecule has 0 atom stereocenters. The zero-order chi connectivity index (χ0) is 13.8. The Morgan fingerprint density at radius 1 is 0.950 bits per heavy atom. The van der Waals surface area contributed by atoms with Crippen LogP contribution in [0.4, 0.5) is 0 Å². The van der Waals surface area contributed by atoms with Crippen molar-refractivity contribution in [1.29, 1.82) is 0 Å². The molecule has 0 saturated carbocycles. The molecule has 0 unspecified atom stereocenters. The Morgan fingerprint density at radius 3 is 2.05 bits per heavy atom. The molecule has 4 heteroatoms. The molecule has 0 aliphatic rings. The molecule has 2 aromatic heterocycles. The zero-order valence-electron chi connectivity index (χ0n) is 11.3. The lowest BCUT2D eigenvalue weighted by molar-refractivity contribution is 0.433. The highest BCUT2D eigenvalue weighted by Crippen LogP contribution is 2.13. The minimum absolute atomic E-state index is 0.0543. The van der Waals surface area contributed by atoms with Crippen molar-refractivity contribution < 1.29 is 0 Å². The van der Waals surface area contributed by atoms with E-state index in [1.807, 2.05) is 33.9 Å². The van der Waals surface area contributed by atoms with E-state index < -0.39 is 0 Å². The molecule has 2 heterocycles. The van der Waals surface area contributed by atoms with E-state index in [1.165, 1.54) is 11.1 Å². The van der Waals surface area contributed by atoms with E-state index in [1.54, 1.807) is 12.4 Å². The molecule has 4 nitrogen and oxygen atoms in total. The molecule has 0 amide bonds. The van der Waals surface area contributed by atoms with Crippen LogP contribution in [0.1, 0.15) is 17.3 Å². The van der Waals surface area contributed by atoms with Crippen molar-refractivity contribution in [2.24, 2.45) is 0 Å². The summed E-state index contributed by atoms with van der Waals surface area (Å²) in [4.78, 5) is 0. The molecule has 0 aliphatic carbocycles. The Morgan fingerprint density at radius 2 is 1.55 bits per heavy atom. The maximum Gasteiger partial charge on any atom is 0.162 e. The Hall–Kier alpha value is -2.62. The van der Waals surface area contributed by atoms with E-state index in [9.17, 15) is 0 Å². The third kappa shape index (κ3) is 2.69. The molecule has 0 aliphatic heterocycles. The predicted molar refractivity (Wildman–Crippen MR) is 79.1 cm³/mol. The smallest absolute Gasteiger partial charge is 0.162 e. The number of hydrogen-bond acceptors (Lipinski definition) is 2. The summed E-state index contributed by atoms with van der Waals surface area (Å²) in [6.07, 6.45) is 11.5. The van der Waals surface area contributed by atoms with Crippen molar-refractivity contribution >= 4 is 6.08 Å². The van der Waals surface area contributed by atoms with E-state index >= 15 is 0 Å². The highest BCUT2D eigenvalue weighted by molar-refractivity contribution is 5.50. The fourth-order valence-corrected chi connectivity index (χ4v) is 2.05. The standard InChI is InChI=1S/C16H16N4/c1-14-4-6-15(7-5-14)8-9-16(19-12-2-10-17-19)20-13-3-11-18-20/h2-13,16H,1H3/b9-8+. The van der Waals surface area contributed by atoms with E-state index in [-0.39, 0.29) is 6.17 Å². The Kier molecular flexibility index (Phi) is 3.46. The lowest BCUT2D eigenvalue weighted by Gasteiger charge is -2.14. The van der Waals surface area contributed by atoms with E-state index in [4.69, 9.17) is 0 Å². The van der Waals surface area contributed by atoms with Crippen LogP contribution in [-0.4, -0.2) is 19.6 Å². The molecule has 0 radical (unpaired) electrons. The van der Waals surface area contributed by atoms with Gasteiger partial charge in [0.1, 0.15) is 0 Å². The molecule has 0 spiro atoms. The van der Waals surface area contributed by atoms with E-state index in [0.717, 1.165) is 0 Å². The topological polar surface area (TPSA) is 35.6 Å². The van der Waals surface area contributed by atoms with Crippen LogP contribution in [0, 0.1) is 6.92 Å². The minimum Gasteiger partial charge on any atom is -0.244 e. The molecular formula is C16H16N4. The third-order valence-corrected chi connectivity index (χ3v) is 3.13. The number of rotatable bonds is 4. The van der Waals surface area contributed by atoms with Gasteiger partial charge in [0.15, 0.2) is 6.17 Å². The quantitative estimate of drug-likeness (QED) is 0.725. The summed E-state index contributed by atoms with van der Waals surface area (Å²) in [5.41, 5.74) is 2.43. The largest absolute Gasteiger partial charge is 0.244 e. The highest BCUT2D eigenvalue weighted by atomic mass is 15.4. The lowest BCUT2D eigenvalue weighted by Crippen LogP contribution is -2.16. The number of nitrogens with zero attached hydrogens (tertiary/aromatic N) is 4. The third-order valence-electron chi connectivity index (χ3n) is 3.13. The van der Waals surface area contributed by atoms with Crippen molar-refractivity contribution in [3.8, 4) is 0 Å². The molecule has 3 aromatic rings. The van der Waals surface area contributed by atoms with Gasteiger partial charge in [-0.05, 0) is 30.7 Å². The van der Waals surface area contributed by atoms with Gasteiger partial charge < -0.3 is 0 Å². The number of aryl methyl sites for hydroxylation is 1. The molecule has 0 bridgehead atoms. The molecule has 1 aromatic carbocycles. The maximum absolute atomic E-state index is 4.30. The normalized spacial score (nSPS) is 11.5. The van der Waals surface area contributed by atoms with Crippen molar-refractivity contribution in [2.75, 3.05) is 0 Å². The highest BCUT2D eigenvalue weighted by Gasteiger charge is 2.08. The Balaban J connectivity index is 1.89. The number of hydrogen-bond donors (Lipinski definition) is 0. The van der Waals surface area contributed by atoms with Gasteiger partial charge in [0, 0.05) is 24.8 Å². The van der Waals surface area contributed by atoms with Gasteiger partial charge in [0.25, 0.3) is 0 Å². The maximum atomic E-state index is 4.30. The van der Waals surface area contributed by atoms with Crippen molar-refractivity contribution in [3.63, 3.8) is 0 Å². The summed E-state index contributed by atoms with van der Waals surface area (Å²) in [5.74, 6) is 0. The van der Waals surface area contributed by atoms with Gasteiger partial charge in [-0.3, -0.25) is 0 Å². The second-order valence-corrected chi connectivity index (χ2v) is 4.66. The van der Waals surface area contributed by atoms with Gasteiger partial charge >= 0.3 is 0 Å². The number of benzene rings is 1. The van der Waals surface area contributed by atoms with Gasteiger partial charge in [-0.25, -0.2) is 9.36 Å². The molecular weight excluding hydrogens is 248 g/mol. The first kappa shape index (κ1) is 12.4. The SMILES string of the molecule is Cc1ccc(/C=C/C(n2cccn2)n2cccn2)cc1. The van der Waals surface area contributed by atoms with Gasteiger partial charge in [-0.2, -0.15) is 10.2 Å². The summed E-state index contributed by atoms with van der Waals surface area (Å²) in [5, 5.41) is 8.61. The van der Waals surface area contributed by atoms with Crippen LogP contribution in [0.15, 0.2) is 67.3 Å². The van der Waals surface area contributed by atoms with Crippen molar-refractivity contribution in [1.82, 2.24) is 19.6 Å². The van der Waals surface area contributed by atoms with E-state index in [0.29, 0.717) is 0 Å². The second kappa shape index (κ2) is 5.57. The van der Waals surface area contributed by atoms with Gasteiger partial charge in [-0.1, -0.05) is 35.9 Å². The van der Waals surface area contributed by atoms with Gasteiger partial charge in [0.2, 0.25) is 0 Å². The summed E-state index contributed by atoms with van der Waals surface area (Å²) < 4.78 is 3.75. The van der Waals surface area contributed by atoms with Crippen LogP contribution >= 0.6 is 0 Å². The van der Waals surface area contributed by atoms with Crippen LogP contribution in [0.2, 0.25) is 0 Å². The summed E-state index contributed by atoms with van der Waals surface area (Å²) >= 11 is 0. The summed E-state index contributed by atoms with van der Waals surface area (Å²) in [7, 11) is 0. The Bertz CT molecular complexity index is 630. The van der Waals surface area contributed by atoms with Crippen molar-refractivity contribution in [3.05, 3.63) is 78.4 Å². The fraction of sp³-hybridized carbons (Fsp3) is 0.125.